The lowest BCUT2D eigenvalue weighted by molar-refractivity contribution is -0.890. The van der Waals surface area contributed by atoms with Crippen molar-refractivity contribution in [2.75, 3.05) is 66.8 Å². The van der Waals surface area contributed by atoms with Crippen LogP contribution < -0.4 is 25.3 Å². The Balaban J connectivity index is 2.60. The number of carbonyl (C=O) groups is 2. The van der Waals surface area contributed by atoms with E-state index < -0.39 is 11.8 Å². The number of rotatable bonds is 8. The highest BCUT2D eigenvalue weighted by atomic mass is 16.2. The molecule has 0 radical (unpaired) electrons. The van der Waals surface area contributed by atoms with Gasteiger partial charge in [-0.2, -0.15) is 0 Å². The molecule has 0 aliphatic carbocycles. The van der Waals surface area contributed by atoms with E-state index in [9.17, 15) is 9.59 Å². The van der Waals surface area contributed by atoms with Crippen molar-refractivity contribution < 1.29 is 19.4 Å². The summed E-state index contributed by atoms with van der Waals surface area (Å²) in [5.74, 6) is -1.15. The Morgan fingerprint density at radius 1 is 1.00 bits per heavy atom. The van der Waals surface area contributed by atoms with E-state index in [1.165, 1.54) is 9.80 Å². The lowest BCUT2D eigenvalue weighted by atomic mass is 10.1. The normalized spacial score (nSPS) is 12.2. The van der Waals surface area contributed by atoms with Crippen molar-refractivity contribution in [3.8, 4) is 0 Å². The molecule has 0 aliphatic heterocycles. The molecule has 0 saturated heterocycles. The van der Waals surface area contributed by atoms with Gasteiger partial charge in [0.1, 0.15) is 6.04 Å². The average molecular weight is 351 g/mol. The van der Waals surface area contributed by atoms with Gasteiger partial charge in [0, 0.05) is 25.3 Å². The van der Waals surface area contributed by atoms with Crippen LogP contribution in [0, 0.1) is 0 Å². The molecule has 25 heavy (non-hydrogen) atoms. The van der Waals surface area contributed by atoms with Crippen molar-refractivity contribution in [1.29, 1.82) is 0 Å². The van der Waals surface area contributed by atoms with Crippen LogP contribution in [0.2, 0.25) is 0 Å². The number of nitrogens with zero attached hydrogens (tertiary/aromatic N) is 1. The number of hydrogen-bond donors (Lipinski definition) is 4. The molecule has 1 rings (SSSR count). The first-order valence-corrected chi connectivity index (χ1v) is 8.64. The first-order valence-electron chi connectivity index (χ1n) is 8.64. The lowest BCUT2D eigenvalue weighted by Crippen LogP contribution is -3.07. The maximum absolute atomic E-state index is 12.0. The monoisotopic (exact) mass is 351 g/mol. The van der Waals surface area contributed by atoms with Crippen LogP contribution in [0.25, 0.3) is 0 Å². The van der Waals surface area contributed by atoms with Crippen LogP contribution in [-0.2, 0) is 9.59 Å². The Morgan fingerprint density at radius 2 is 1.56 bits per heavy atom. The zero-order chi connectivity index (χ0) is 19.0. The molecule has 2 amide bonds. The van der Waals surface area contributed by atoms with Crippen molar-refractivity contribution in [3.63, 3.8) is 0 Å². The fourth-order valence-electron chi connectivity index (χ4n) is 2.44. The number of anilines is 1. The second kappa shape index (κ2) is 10.0. The molecule has 0 unspecified atom stereocenters. The molecular weight excluding hydrogens is 318 g/mol. The quantitative estimate of drug-likeness (QED) is 0.386. The number of benzene rings is 1. The average Bonchev–Trinajstić information content (AvgIpc) is 2.54. The lowest BCUT2D eigenvalue weighted by Gasteiger charge is -2.23. The van der Waals surface area contributed by atoms with Crippen LogP contribution in [0.15, 0.2) is 24.3 Å². The van der Waals surface area contributed by atoms with Crippen molar-refractivity contribution in [2.24, 2.45) is 0 Å². The standard InChI is InChI=1S/C18H31N5O2/c1-21(2)12-11-19-17(24)18(25)20-13-16(23(5)6)14-7-9-15(10-8-14)22(3)4/h7-10,16H,11-13H2,1-6H3,(H,19,24)(H,20,25)/p+2/t16-/m0/s1. The van der Waals surface area contributed by atoms with Crippen molar-refractivity contribution in [3.05, 3.63) is 29.8 Å². The Hall–Kier alpha value is -2.12. The molecule has 0 fully saturated rings. The minimum absolute atomic E-state index is 0.0826. The Morgan fingerprint density at radius 3 is 2.04 bits per heavy atom. The van der Waals surface area contributed by atoms with Crippen LogP contribution in [0.3, 0.4) is 0 Å². The van der Waals surface area contributed by atoms with Gasteiger partial charge in [-0.05, 0) is 12.1 Å². The third kappa shape index (κ3) is 7.11. The van der Waals surface area contributed by atoms with Gasteiger partial charge < -0.3 is 25.3 Å². The highest BCUT2D eigenvalue weighted by Gasteiger charge is 2.21. The fourth-order valence-corrected chi connectivity index (χ4v) is 2.44. The highest BCUT2D eigenvalue weighted by molar-refractivity contribution is 6.35. The molecule has 0 saturated carbocycles. The van der Waals surface area contributed by atoms with Gasteiger partial charge >= 0.3 is 11.8 Å². The van der Waals surface area contributed by atoms with Crippen molar-refractivity contribution in [1.82, 2.24) is 10.6 Å². The van der Waals surface area contributed by atoms with E-state index >= 15 is 0 Å². The first kappa shape index (κ1) is 20.9. The zero-order valence-electron chi connectivity index (χ0n) is 16.3. The summed E-state index contributed by atoms with van der Waals surface area (Å²) in [7, 11) is 12.1. The molecule has 0 spiro atoms. The van der Waals surface area contributed by atoms with E-state index in [1.54, 1.807) is 0 Å². The summed E-state index contributed by atoms with van der Waals surface area (Å²) < 4.78 is 0. The first-order chi connectivity index (χ1) is 11.7. The molecule has 7 heteroatoms. The number of carbonyl (C=O) groups excluding carboxylic acids is 2. The molecule has 4 N–H and O–H groups in total. The minimum atomic E-state index is -0.579. The van der Waals surface area contributed by atoms with Gasteiger partial charge in [-0.25, -0.2) is 0 Å². The number of hydrogen-bond acceptors (Lipinski definition) is 3. The van der Waals surface area contributed by atoms with Crippen LogP contribution >= 0.6 is 0 Å². The van der Waals surface area contributed by atoms with Crippen LogP contribution in [0.1, 0.15) is 11.6 Å². The number of likely N-dealkylation sites (N-methyl/N-ethyl adjacent to an activating group) is 2. The summed E-state index contributed by atoms with van der Waals surface area (Å²) in [5, 5.41) is 5.39. The van der Waals surface area contributed by atoms with Gasteiger partial charge in [0.05, 0.1) is 47.8 Å². The maximum atomic E-state index is 12.0. The van der Waals surface area contributed by atoms with Crippen LogP contribution in [0.5, 0.6) is 0 Å². The second-order valence-electron chi connectivity index (χ2n) is 7.04. The van der Waals surface area contributed by atoms with Gasteiger partial charge in [-0.3, -0.25) is 9.59 Å². The molecule has 0 aliphatic rings. The molecule has 0 bridgehead atoms. The molecule has 7 nitrogen and oxygen atoms in total. The summed E-state index contributed by atoms with van der Waals surface area (Å²) in [5.41, 5.74) is 2.25. The zero-order valence-corrected chi connectivity index (χ0v) is 16.3. The second-order valence-corrected chi connectivity index (χ2v) is 7.04. The molecule has 0 aromatic heterocycles. The molecule has 1 aromatic rings. The molecule has 0 heterocycles. The maximum Gasteiger partial charge on any atom is 0.309 e. The largest absolute Gasteiger partial charge is 0.378 e. The van der Waals surface area contributed by atoms with E-state index in [0.29, 0.717) is 13.1 Å². The molecule has 1 atom stereocenters. The summed E-state index contributed by atoms with van der Waals surface area (Å²) >= 11 is 0. The third-order valence-electron chi connectivity index (χ3n) is 4.09. The summed E-state index contributed by atoms with van der Waals surface area (Å²) in [4.78, 5) is 28.2. The topological polar surface area (TPSA) is 70.3 Å². The summed E-state index contributed by atoms with van der Waals surface area (Å²) in [6, 6.07) is 8.34. The smallest absolute Gasteiger partial charge is 0.309 e. The van der Waals surface area contributed by atoms with Gasteiger partial charge in [0.15, 0.2) is 0 Å². The van der Waals surface area contributed by atoms with Crippen molar-refractivity contribution >= 4 is 17.5 Å². The Kier molecular flexibility index (Phi) is 8.37. The van der Waals surface area contributed by atoms with E-state index in [0.717, 1.165) is 17.8 Å². The summed E-state index contributed by atoms with van der Waals surface area (Å²) in [6.45, 7) is 1.68. The van der Waals surface area contributed by atoms with E-state index in [-0.39, 0.29) is 6.04 Å². The van der Waals surface area contributed by atoms with E-state index in [2.05, 4.69) is 34.9 Å². The van der Waals surface area contributed by atoms with Crippen molar-refractivity contribution in [2.45, 2.75) is 6.04 Å². The number of amides is 2. The molecule has 140 valence electrons. The number of quaternary nitrogens is 2. The molecular formula is C18H33N5O2+2. The number of nitrogens with one attached hydrogen (secondary N) is 4. The summed E-state index contributed by atoms with van der Waals surface area (Å²) in [6.07, 6.45) is 0. The van der Waals surface area contributed by atoms with E-state index in [4.69, 9.17) is 0 Å². The van der Waals surface area contributed by atoms with Gasteiger partial charge in [0.25, 0.3) is 0 Å². The Bertz CT molecular complexity index is 555. The predicted molar refractivity (Wildman–Crippen MR) is 100 cm³/mol. The fraction of sp³-hybridized carbons (Fsp3) is 0.556. The third-order valence-corrected chi connectivity index (χ3v) is 4.09. The van der Waals surface area contributed by atoms with E-state index in [1.807, 2.05) is 47.2 Å². The van der Waals surface area contributed by atoms with Gasteiger partial charge in [-0.15, -0.1) is 0 Å². The van der Waals surface area contributed by atoms with Gasteiger partial charge in [0.2, 0.25) is 0 Å². The van der Waals surface area contributed by atoms with Crippen LogP contribution in [0.4, 0.5) is 5.69 Å². The predicted octanol–water partition coefficient (Wildman–Crippen LogP) is -2.68. The minimum Gasteiger partial charge on any atom is -0.378 e. The SMILES string of the molecule is CN(C)c1ccc([C@H](CNC(=O)C(=O)NCC[NH+](C)C)[NH+](C)C)cc1. The highest BCUT2D eigenvalue weighted by Crippen LogP contribution is 2.15. The Labute approximate surface area is 151 Å². The van der Waals surface area contributed by atoms with Crippen LogP contribution in [-0.4, -0.2) is 73.7 Å². The van der Waals surface area contributed by atoms with Gasteiger partial charge in [-0.1, -0.05) is 12.1 Å². The molecule has 1 aromatic carbocycles.